The molecule has 1 aromatic rings. The highest BCUT2D eigenvalue weighted by molar-refractivity contribution is 7.89. The standard InChI is InChI=1S/C24H39N3O3S/c1-23(2,3)20-5-7-22(8-6-20)31(28,29)27-13-11-24(12-14-27)10-9-21(30-24)19-26-17-15-25(4)16-18-26/h5-8,21H,9-19H2,1-4H3. The third-order valence-electron chi connectivity index (χ3n) is 7.39. The maximum atomic E-state index is 13.2. The third-order valence-corrected chi connectivity index (χ3v) is 9.30. The molecule has 6 nitrogen and oxygen atoms in total. The molecule has 0 amide bonds. The van der Waals surface area contributed by atoms with Gasteiger partial charge < -0.3 is 9.64 Å². The summed E-state index contributed by atoms with van der Waals surface area (Å²) in [5, 5.41) is 0. The van der Waals surface area contributed by atoms with Gasteiger partial charge in [-0.15, -0.1) is 0 Å². The van der Waals surface area contributed by atoms with Crippen LogP contribution in [-0.4, -0.2) is 87.1 Å². The number of sulfonamides is 1. The van der Waals surface area contributed by atoms with E-state index < -0.39 is 10.0 Å². The number of hydrogen-bond acceptors (Lipinski definition) is 5. The Balaban J connectivity index is 1.33. The molecular formula is C24H39N3O3S. The Labute approximate surface area is 188 Å². The van der Waals surface area contributed by atoms with Gasteiger partial charge in [0.2, 0.25) is 10.0 Å². The first-order valence-electron chi connectivity index (χ1n) is 11.8. The highest BCUT2D eigenvalue weighted by atomic mass is 32.2. The van der Waals surface area contributed by atoms with Gasteiger partial charge in [0.25, 0.3) is 0 Å². The summed E-state index contributed by atoms with van der Waals surface area (Å²) < 4.78 is 34.6. The summed E-state index contributed by atoms with van der Waals surface area (Å²) in [5.41, 5.74) is 1.04. The van der Waals surface area contributed by atoms with Crippen LogP contribution in [0.1, 0.15) is 52.0 Å². The highest BCUT2D eigenvalue weighted by Crippen LogP contribution is 2.40. The van der Waals surface area contributed by atoms with Gasteiger partial charge in [-0.1, -0.05) is 32.9 Å². The Morgan fingerprint density at radius 2 is 1.58 bits per heavy atom. The van der Waals surface area contributed by atoms with Crippen molar-refractivity contribution in [3.05, 3.63) is 29.8 Å². The fourth-order valence-electron chi connectivity index (χ4n) is 5.12. The van der Waals surface area contributed by atoms with Gasteiger partial charge in [0.1, 0.15) is 0 Å². The van der Waals surface area contributed by atoms with Crippen molar-refractivity contribution in [2.75, 3.05) is 52.9 Å². The average molecular weight is 450 g/mol. The predicted molar refractivity (Wildman–Crippen MR) is 124 cm³/mol. The van der Waals surface area contributed by atoms with Crippen molar-refractivity contribution in [3.63, 3.8) is 0 Å². The van der Waals surface area contributed by atoms with Crippen molar-refractivity contribution in [3.8, 4) is 0 Å². The minimum absolute atomic E-state index is 0.0142. The van der Waals surface area contributed by atoms with Gasteiger partial charge in [-0.05, 0) is 55.8 Å². The fourth-order valence-corrected chi connectivity index (χ4v) is 6.56. The van der Waals surface area contributed by atoms with Gasteiger partial charge in [-0.25, -0.2) is 8.42 Å². The Kier molecular flexibility index (Phi) is 6.54. The Hall–Kier alpha value is -0.990. The van der Waals surface area contributed by atoms with Crippen molar-refractivity contribution in [2.45, 2.75) is 68.5 Å². The molecule has 0 radical (unpaired) electrons. The van der Waals surface area contributed by atoms with E-state index >= 15 is 0 Å². The molecule has 0 bridgehead atoms. The van der Waals surface area contributed by atoms with Crippen LogP contribution in [0, 0.1) is 0 Å². The number of rotatable bonds is 4. The minimum Gasteiger partial charge on any atom is -0.370 e. The summed E-state index contributed by atoms with van der Waals surface area (Å²) in [6.45, 7) is 13.0. The zero-order valence-corrected chi connectivity index (χ0v) is 20.5. The number of hydrogen-bond donors (Lipinski definition) is 0. The molecule has 3 heterocycles. The minimum atomic E-state index is -3.45. The molecule has 174 valence electrons. The molecule has 0 aliphatic carbocycles. The van der Waals surface area contributed by atoms with Gasteiger partial charge in [-0.3, -0.25) is 4.90 Å². The van der Waals surface area contributed by atoms with E-state index in [0.29, 0.717) is 18.0 Å². The van der Waals surface area contributed by atoms with Crippen LogP contribution < -0.4 is 0 Å². The fraction of sp³-hybridized carbons (Fsp3) is 0.750. The Bertz CT molecular complexity index is 847. The van der Waals surface area contributed by atoms with Crippen molar-refractivity contribution in [2.24, 2.45) is 0 Å². The number of piperidine rings is 1. The number of ether oxygens (including phenoxy) is 1. The van der Waals surface area contributed by atoms with Gasteiger partial charge in [0.15, 0.2) is 0 Å². The van der Waals surface area contributed by atoms with Crippen LogP contribution in [0.4, 0.5) is 0 Å². The van der Waals surface area contributed by atoms with E-state index in [2.05, 4.69) is 37.6 Å². The maximum Gasteiger partial charge on any atom is 0.243 e. The molecule has 1 spiro atoms. The van der Waals surface area contributed by atoms with Crippen molar-refractivity contribution in [1.82, 2.24) is 14.1 Å². The summed E-state index contributed by atoms with van der Waals surface area (Å²) in [5.74, 6) is 0. The van der Waals surface area contributed by atoms with Gasteiger partial charge in [0, 0.05) is 45.8 Å². The van der Waals surface area contributed by atoms with Gasteiger partial charge in [0.05, 0.1) is 16.6 Å². The molecule has 0 saturated carbocycles. The van der Waals surface area contributed by atoms with Crippen LogP contribution in [0.3, 0.4) is 0 Å². The topological polar surface area (TPSA) is 53.1 Å². The normalized spacial score (nSPS) is 26.5. The molecular weight excluding hydrogens is 410 g/mol. The lowest BCUT2D eigenvalue weighted by Gasteiger charge is -2.39. The van der Waals surface area contributed by atoms with Crippen molar-refractivity contribution in [1.29, 1.82) is 0 Å². The largest absolute Gasteiger partial charge is 0.370 e. The van der Waals surface area contributed by atoms with E-state index in [1.807, 2.05) is 12.1 Å². The molecule has 4 rings (SSSR count). The van der Waals surface area contributed by atoms with Crippen LogP contribution in [0.2, 0.25) is 0 Å². The smallest absolute Gasteiger partial charge is 0.243 e. The van der Waals surface area contributed by atoms with Crippen molar-refractivity contribution >= 4 is 10.0 Å². The lowest BCUT2D eigenvalue weighted by Crippen LogP contribution is -2.49. The number of benzene rings is 1. The molecule has 0 N–H and O–H groups in total. The second kappa shape index (κ2) is 8.75. The number of piperazine rings is 1. The van der Waals surface area contributed by atoms with Crippen LogP contribution in [0.25, 0.3) is 0 Å². The maximum absolute atomic E-state index is 13.2. The van der Waals surface area contributed by atoms with Crippen molar-refractivity contribution < 1.29 is 13.2 Å². The van der Waals surface area contributed by atoms with E-state index in [-0.39, 0.29) is 17.1 Å². The molecule has 1 atom stereocenters. The number of nitrogens with zero attached hydrogens (tertiary/aromatic N) is 3. The van der Waals surface area contributed by atoms with Gasteiger partial charge in [-0.2, -0.15) is 4.31 Å². The lowest BCUT2D eigenvalue weighted by molar-refractivity contribution is -0.0777. The van der Waals surface area contributed by atoms with Crippen LogP contribution in [0.5, 0.6) is 0 Å². The summed E-state index contributed by atoms with van der Waals surface area (Å²) >= 11 is 0. The highest BCUT2D eigenvalue weighted by Gasteiger charge is 2.44. The molecule has 31 heavy (non-hydrogen) atoms. The molecule has 1 unspecified atom stereocenters. The van der Waals surface area contributed by atoms with E-state index in [9.17, 15) is 8.42 Å². The summed E-state index contributed by atoms with van der Waals surface area (Å²) in [4.78, 5) is 5.29. The first kappa shape index (κ1) is 23.2. The predicted octanol–water partition coefficient (Wildman–Crippen LogP) is 2.93. The zero-order valence-electron chi connectivity index (χ0n) is 19.6. The average Bonchev–Trinajstić information content (AvgIpc) is 3.11. The SMILES string of the molecule is CN1CCN(CC2CCC3(CCN(S(=O)(=O)c4ccc(C(C)(C)C)cc4)CC3)O2)CC1. The third kappa shape index (κ3) is 5.17. The van der Waals surface area contributed by atoms with E-state index in [4.69, 9.17) is 4.74 Å². The molecule has 3 fully saturated rings. The zero-order chi connectivity index (χ0) is 22.3. The lowest BCUT2D eigenvalue weighted by atomic mass is 9.87. The first-order valence-corrected chi connectivity index (χ1v) is 13.2. The monoisotopic (exact) mass is 449 g/mol. The van der Waals surface area contributed by atoms with E-state index in [1.54, 1.807) is 16.4 Å². The second-order valence-corrected chi connectivity index (χ2v) is 12.7. The molecule has 1 aromatic carbocycles. The Morgan fingerprint density at radius 3 is 2.16 bits per heavy atom. The van der Waals surface area contributed by atoms with Crippen LogP contribution >= 0.6 is 0 Å². The molecule has 3 aliphatic heterocycles. The van der Waals surface area contributed by atoms with Crippen LogP contribution in [-0.2, 0) is 20.2 Å². The number of likely N-dealkylation sites (N-methyl/N-ethyl adjacent to an activating group) is 1. The second-order valence-electron chi connectivity index (χ2n) is 10.7. The molecule has 7 heteroatoms. The summed E-state index contributed by atoms with van der Waals surface area (Å²) in [6.07, 6.45) is 4.03. The summed E-state index contributed by atoms with van der Waals surface area (Å²) in [6, 6.07) is 7.42. The van der Waals surface area contributed by atoms with E-state index in [0.717, 1.165) is 64.0 Å². The quantitative estimate of drug-likeness (QED) is 0.707. The van der Waals surface area contributed by atoms with Gasteiger partial charge >= 0.3 is 0 Å². The van der Waals surface area contributed by atoms with Crippen LogP contribution in [0.15, 0.2) is 29.2 Å². The molecule has 3 aliphatic rings. The summed E-state index contributed by atoms with van der Waals surface area (Å²) in [7, 11) is -1.27. The molecule has 3 saturated heterocycles. The van der Waals surface area contributed by atoms with E-state index in [1.165, 1.54) is 0 Å². The Morgan fingerprint density at radius 1 is 0.968 bits per heavy atom. The first-order chi connectivity index (χ1) is 14.6. The molecule has 0 aromatic heterocycles.